The molecule has 1 heterocycles. The minimum Gasteiger partial charge on any atom is -0.243 e. The van der Waals surface area contributed by atoms with E-state index in [2.05, 4.69) is 4.98 Å². The summed E-state index contributed by atoms with van der Waals surface area (Å²) in [6.07, 6.45) is -3.70. The molecule has 3 rings (SSSR count). The molecule has 0 aliphatic heterocycles. The van der Waals surface area contributed by atoms with Gasteiger partial charge in [-0.25, -0.2) is 13.4 Å². The van der Waals surface area contributed by atoms with E-state index >= 15 is 0 Å². The second kappa shape index (κ2) is 5.42. The number of hydrogen-bond acceptors (Lipinski definition) is 3. The Bertz CT molecular complexity index is 888. The molecule has 0 atom stereocenters. The van der Waals surface area contributed by atoms with Crippen LogP contribution >= 0.6 is 0 Å². The van der Waals surface area contributed by atoms with Gasteiger partial charge in [0.2, 0.25) is 0 Å². The number of sulfonamides is 1. The third-order valence-electron chi connectivity index (χ3n) is 4.29. The zero-order chi connectivity index (χ0) is 17.8. The number of fused-ring (bicyclic) bond motifs is 1. The predicted molar refractivity (Wildman–Crippen MR) is 84.2 cm³/mol. The molecule has 1 aromatic heterocycles. The van der Waals surface area contributed by atoms with E-state index in [4.69, 9.17) is 0 Å². The summed E-state index contributed by atoms with van der Waals surface area (Å²) in [7, 11) is -4.39. The number of nitrogens with one attached hydrogen (secondary N) is 1. The van der Waals surface area contributed by atoms with Crippen LogP contribution in [0.2, 0.25) is 0 Å². The number of halogens is 3. The van der Waals surface area contributed by atoms with Crippen LogP contribution in [0.5, 0.6) is 0 Å². The smallest absolute Gasteiger partial charge is 0.243 e. The van der Waals surface area contributed by atoms with Crippen molar-refractivity contribution < 1.29 is 21.6 Å². The van der Waals surface area contributed by atoms with Crippen molar-refractivity contribution in [2.75, 3.05) is 0 Å². The van der Waals surface area contributed by atoms with E-state index in [-0.39, 0.29) is 23.8 Å². The van der Waals surface area contributed by atoms with E-state index in [1.165, 1.54) is 6.20 Å². The van der Waals surface area contributed by atoms with Gasteiger partial charge in [0.1, 0.15) is 5.54 Å². The van der Waals surface area contributed by atoms with Gasteiger partial charge in [-0.1, -0.05) is 38.1 Å². The molecule has 1 aliphatic carbocycles. The maximum absolute atomic E-state index is 13.1. The van der Waals surface area contributed by atoms with Crippen LogP contribution in [0.25, 0.3) is 10.8 Å². The molecule has 1 saturated carbocycles. The Morgan fingerprint density at radius 1 is 1.17 bits per heavy atom. The zero-order valence-electron chi connectivity index (χ0n) is 13.2. The molecule has 0 bridgehead atoms. The Kier molecular flexibility index (Phi) is 3.88. The SMILES string of the molecule is CC(C)c1cnc(S(=O)(=O)NC2(C(F)(F)F)CC2)c2ccccc12. The summed E-state index contributed by atoms with van der Waals surface area (Å²) in [5.41, 5.74) is -1.51. The van der Waals surface area contributed by atoms with Crippen molar-refractivity contribution in [2.45, 2.75) is 49.3 Å². The van der Waals surface area contributed by atoms with Gasteiger partial charge in [-0.3, -0.25) is 0 Å². The number of pyridine rings is 1. The van der Waals surface area contributed by atoms with E-state index in [1.54, 1.807) is 24.3 Å². The normalized spacial score (nSPS) is 17.4. The minimum atomic E-state index is -4.62. The van der Waals surface area contributed by atoms with Crippen molar-refractivity contribution in [3.05, 3.63) is 36.0 Å². The quantitative estimate of drug-likeness (QED) is 0.906. The van der Waals surface area contributed by atoms with Crippen LogP contribution in [-0.4, -0.2) is 25.1 Å². The van der Waals surface area contributed by atoms with Crippen LogP contribution in [0.3, 0.4) is 0 Å². The lowest BCUT2D eigenvalue weighted by Crippen LogP contribution is -2.47. The molecule has 0 amide bonds. The number of nitrogens with zero attached hydrogens (tertiary/aromatic N) is 1. The largest absolute Gasteiger partial charge is 0.407 e. The molecule has 1 aliphatic rings. The summed E-state index contributed by atoms with van der Waals surface area (Å²) >= 11 is 0. The number of benzene rings is 1. The Morgan fingerprint density at radius 2 is 1.75 bits per heavy atom. The van der Waals surface area contributed by atoms with Crippen molar-refractivity contribution in [2.24, 2.45) is 0 Å². The summed E-state index contributed by atoms with van der Waals surface area (Å²) in [5.74, 6) is 0.108. The number of aromatic nitrogens is 1. The molecular weight excluding hydrogens is 341 g/mol. The first-order valence-corrected chi connectivity index (χ1v) is 9.04. The molecule has 0 spiro atoms. The van der Waals surface area contributed by atoms with Gasteiger partial charge in [-0.05, 0) is 29.7 Å². The average Bonchev–Trinajstić information content (AvgIpc) is 3.25. The number of alkyl halides is 3. The van der Waals surface area contributed by atoms with Gasteiger partial charge >= 0.3 is 6.18 Å². The lowest BCUT2D eigenvalue weighted by molar-refractivity contribution is -0.160. The van der Waals surface area contributed by atoms with Gasteiger partial charge in [0.15, 0.2) is 5.03 Å². The first-order chi connectivity index (χ1) is 11.1. The highest BCUT2D eigenvalue weighted by atomic mass is 32.2. The van der Waals surface area contributed by atoms with E-state index in [9.17, 15) is 21.6 Å². The summed E-state index contributed by atoms with van der Waals surface area (Å²) in [6, 6.07) is 6.72. The second-order valence-corrected chi connectivity index (χ2v) is 8.00. The fourth-order valence-corrected chi connectivity index (χ4v) is 4.33. The first-order valence-electron chi connectivity index (χ1n) is 7.56. The lowest BCUT2D eigenvalue weighted by Gasteiger charge is -2.21. The Balaban J connectivity index is 2.11. The van der Waals surface area contributed by atoms with Crippen LogP contribution in [0.4, 0.5) is 13.2 Å². The molecule has 1 aromatic carbocycles. The highest BCUT2D eigenvalue weighted by molar-refractivity contribution is 7.89. The average molecular weight is 358 g/mol. The second-order valence-electron chi connectivity index (χ2n) is 6.40. The van der Waals surface area contributed by atoms with Crippen molar-refractivity contribution >= 4 is 20.8 Å². The van der Waals surface area contributed by atoms with Crippen molar-refractivity contribution in [3.8, 4) is 0 Å². The number of rotatable bonds is 4. The van der Waals surface area contributed by atoms with Crippen LogP contribution in [0.1, 0.15) is 38.2 Å². The van der Waals surface area contributed by atoms with Gasteiger partial charge in [-0.2, -0.15) is 17.9 Å². The van der Waals surface area contributed by atoms with Crippen LogP contribution in [0, 0.1) is 0 Å². The molecule has 130 valence electrons. The molecular formula is C16H17F3N2O2S. The van der Waals surface area contributed by atoms with Gasteiger partial charge in [0, 0.05) is 11.6 Å². The maximum atomic E-state index is 13.1. The molecule has 4 nitrogen and oxygen atoms in total. The molecule has 8 heteroatoms. The lowest BCUT2D eigenvalue weighted by atomic mass is 9.99. The van der Waals surface area contributed by atoms with Crippen molar-refractivity contribution in [1.82, 2.24) is 9.71 Å². The molecule has 1 fully saturated rings. The zero-order valence-corrected chi connectivity index (χ0v) is 14.0. The molecule has 0 radical (unpaired) electrons. The van der Waals surface area contributed by atoms with Gasteiger partial charge in [0.25, 0.3) is 10.0 Å². The van der Waals surface area contributed by atoms with E-state index < -0.39 is 21.7 Å². The third-order valence-corrected chi connectivity index (χ3v) is 5.78. The maximum Gasteiger partial charge on any atom is 0.407 e. The fraction of sp³-hybridized carbons (Fsp3) is 0.438. The summed E-state index contributed by atoms with van der Waals surface area (Å²) in [6.45, 7) is 3.89. The van der Waals surface area contributed by atoms with Gasteiger partial charge in [0.05, 0.1) is 0 Å². The monoisotopic (exact) mass is 358 g/mol. The summed E-state index contributed by atoms with van der Waals surface area (Å²) in [5, 5.41) is 0.645. The third kappa shape index (κ3) is 2.77. The van der Waals surface area contributed by atoms with Crippen LogP contribution < -0.4 is 4.72 Å². The van der Waals surface area contributed by atoms with E-state index in [0.717, 1.165) is 5.56 Å². The van der Waals surface area contributed by atoms with Crippen LogP contribution in [-0.2, 0) is 10.0 Å². The van der Waals surface area contributed by atoms with Crippen molar-refractivity contribution in [1.29, 1.82) is 0 Å². The molecule has 0 saturated heterocycles. The van der Waals surface area contributed by atoms with Gasteiger partial charge < -0.3 is 0 Å². The molecule has 2 aromatic rings. The van der Waals surface area contributed by atoms with Gasteiger partial charge in [-0.15, -0.1) is 0 Å². The molecule has 24 heavy (non-hydrogen) atoms. The highest BCUT2D eigenvalue weighted by Gasteiger charge is 2.65. The van der Waals surface area contributed by atoms with E-state index in [0.29, 0.717) is 10.8 Å². The minimum absolute atomic E-state index is 0.108. The standard InChI is InChI=1S/C16H17F3N2O2S/c1-10(2)13-9-20-14(12-6-4-3-5-11(12)13)24(22,23)21-15(7-8-15)16(17,18)19/h3-6,9-10,21H,7-8H2,1-2H3. The predicted octanol–water partition coefficient (Wildman–Crippen LogP) is 3.73. The first kappa shape index (κ1) is 17.2. The van der Waals surface area contributed by atoms with Crippen LogP contribution in [0.15, 0.2) is 35.5 Å². The fourth-order valence-electron chi connectivity index (χ4n) is 2.74. The topological polar surface area (TPSA) is 59.1 Å². The Morgan fingerprint density at radius 3 is 2.25 bits per heavy atom. The summed E-state index contributed by atoms with van der Waals surface area (Å²) < 4.78 is 66.2. The Hall–Kier alpha value is -1.67. The Labute approximate surface area is 138 Å². The van der Waals surface area contributed by atoms with E-state index in [1.807, 2.05) is 18.6 Å². The molecule has 1 N–H and O–H groups in total. The highest BCUT2D eigenvalue weighted by Crippen LogP contribution is 2.49. The number of hydrogen-bond donors (Lipinski definition) is 1. The summed E-state index contributed by atoms with van der Waals surface area (Å²) in [4.78, 5) is 3.98. The molecule has 0 unspecified atom stereocenters. The van der Waals surface area contributed by atoms with Crippen molar-refractivity contribution in [3.63, 3.8) is 0 Å².